The van der Waals surface area contributed by atoms with Gasteiger partial charge in [0.2, 0.25) is 0 Å². The molecular formula is C16H14Cl3N3O3S. The van der Waals surface area contributed by atoms with Crippen LogP contribution in [0.3, 0.4) is 0 Å². The summed E-state index contributed by atoms with van der Waals surface area (Å²) in [6, 6.07) is 6.88. The highest BCUT2D eigenvalue weighted by atomic mass is 35.5. The molecule has 0 bridgehead atoms. The second-order valence-electron chi connectivity index (χ2n) is 5.50. The highest BCUT2D eigenvalue weighted by molar-refractivity contribution is 7.99. The number of nitro benzene ring substituents is 1. The van der Waals surface area contributed by atoms with E-state index in [9.17, 15) is 14.9 Å². The van der Waals surface area contributed by atoms with Gasteiger partial charge in [0.1, 0.15) is 0 Å². The van der Waals surface area contributed by atoms with E-state index in [0.717, 1.165) is 0 Å². The Labute approximate surface area is 169 Å². The number of urea groups is 1. The van der Waals surface area contributed by atoms with Crippen molar-refractivity contribution in [1.29, 1.82) is 0 Å². The number of hydrogen-bond acceptors (Lipinski definition) is 4. The number of amides is 2. The van der Waals surface area contributed by atoms with Crippen LogP contribution in [0, 0.1) is 10.1 Å². The lowest BCUT2D eigenvalue weighted by molar-refractivity contribution is -0.384. The molecule has 0 heterocycles. The Morgan fingerprint density at radius 2 is 1.73 bits per heavy atom. The topological polar surface area (TPSA) is 84.3 Å². The number of benzene rings is 2. The molecule has 6 nitrogen and oxygen atoms in total. The maximum atomic E-state index is 11.8. The average Bonchev–Trinajstić information content (AvgIpc) is 2.51. The number of carbonyl (C=O) groups is 1. The van der Waals surface area contributed by atoms with Gasteiger partial charge in [-0.25, -0.2) is 4.79 Å². The lowest BCUT2D eigenvalue weighted by Gasteiger charge is -2.13. The molecular weight excluding hydrogens is 421 g/mol. The van der Waals surface area contributed by atoms with Crippen LogP contribution in [-0.2, 0) is 0 Å². The Morgan fingerprint density at radius 3 is 2.23 bits per heavy atom. The molecule has 0 aromatic heterocycles. The highest BCUT2D eigenvalue weighted by Gasteiger charge is 2.15. The number of anilines is 1. The number of rotatable bonds is 5. The molecule has 0 saturated carbocycles. The number of nitrogens with zero attached hydrogens (tertiary/aromatic N) is 1. The van der Waals surface area contributed by atoms with E-state index in [1.165, 1.54) is 30.0 Å². The summed E-state index contributed by atoms with van der Waals surface area (Å²) in [6.07, 6.45) is 0. The van der Waals surface area contributed by atoms with Gasteiger partial charge < -0.3 is 10.6 Å². The summed E-state index contributed by atoms with van der Waals surface area (Å²) in [6.45, 7) is 3.68. The Hall–Kier alpha value is -1.67. The van der Waals surface area contributed by atoms with Crippen LogP contribution in [0.15, 0.2) is 40.1 Å². The summed E-state index contributed by atoms with van der Waals surface area (Å²) in [5.74, 6) is 0. The zero-order chi connectivity index (χ0) is 19.4. The first-order valence-corrected chi connectivity index (χ1v) is 9.30. The van der Waals surface area contributed by atoms with Gasteiger partial charge in [0.05, 0.1) is 20.0 Å². The summed E-state index contributed by atoms with van der Waals surface area (Å²) in [5, 5.41) is 17.0. The van der Waals surface area contributed by atoms with Crippen LogP contribution in [0.1, 0.15) is 13.8 Å². The van der Waals surface area contributed by atoms with Gasteiger partial charge in [0.25, 0.3) is 5.69 Å². The van der Waals surface area contributed by atoms with Crippen LogP contribution in [0.4, 0.5) is 16.2 Å². The van der Waals surface area contributed by atoms with Crippen LogP contribution >= 0.6 is 46.6 Å². The first kappa shape index (κ1) is 20.6. The first-order valence-electron chi connectivity index (χ1n) is 7.35. The molecule has 2 rings (SSSR count). The highest BCUT2D eigenvalue weighted by Crippen LogP contribution is 2.43. The molecule has 0 unspecified atom stereocenters. The Morgan fingerprint density at radius 1 is 1.12 bits per heavy atom. The Balaban J connectivity index is 2.23. The van der Waals surface area contributed by atoms with Gasteiger partial charge in [-0.05, 0) is 32.0 Å². The molecule has 0 saturated heterocycles. The standard InChI is InChI=1S/C16H14Cl3N3O3S/c1-8(2)20-16(23)21-9-5-12(18)15(13(19)6-9)26-14-4-3-10(22(24)25)7-11(14)17/h3-8H,1-2H3,(H2,20,21,23). The summed E-state index contributed by atoms with van der Waals surface area (Å²) in [4.78, 5) is 23.1. The van der Waals surface area contributed by atoms with E-state index in [-0.39, 0.29) is 22.8 Å². The van der Waals surface area contributed by atoms with E-state index in [1.54, 1.807) is 12.1 Å². The van der Waals surface area contributed by atoms with Crippen LogP contribution in [0.2, 0.25) is 15.1 Å². The number of nitro groups is 1. The molecule has 26 heavy (non-hydrogen) atoms. The van der Waals surface area contributed by atoms with Crippen molar-refractivity contribution in [3.63, 3.8) is 0 Å². The van der Waals surface area contributed by atoms with E-state index in [1.807, 2.05) is 13.8 Å². The maximum absolute atomic E-state index is 11.8. The molecule has 2 aromatic carbocycles. The van der Waals surface area contributed by atoms with E-state index >= 15 is 0 Å². The van der Waals surface area contributed by atoms with Crippen LogP contribution in [0.5, 0.6) is 0 Å². The van der Waals surface area contributed by atoms with Gasteiger partial charge in [-0.1, -0.05) is 46.6 Å². The van der Waals surface area contributed by atoms with Crippen LogP contribution in [0.25, 0.3) is 0 Å². The fourth-order valence-corrected chi connectivity index (χ4v) is 3.79. The number of nitrogens with one attached hydrogen (secondary N) is 2. The third-order valence-electron chi connectivity index (χ3n) is 3.01. The van der Waals surface area contributed by atoms with Crippen molar-refractivity contribution < 1.29 is 9.72 Å². The van der Waals surface area contributed by atoms with Gasteiger partial charge in [-0.3, -0.25) is 10.1 Å². The van der Waals surface area contributed by atoms with E-state index in [2.05, 4.69) is 10.6 Å². The molecule has 2 aromatic rings. The minimum absolute atomic E-state index is 0.0138. The molecule has 0 aliphatic carbocycles. The van der Waals surface area contributed by atoms with E-state index in [0.29, 0.717) is 25.5 Å². The number of carbonyl (C=O) groups excluding carboxylic acids is 1. The predicted molar refractivity (Wildman–Crippen MR) is 106 cm³/mol. The molecule has 0 atom stereocenters. The summed E-state index contributed by atoms with van der Waals surface area (Å²) >= 11 is 19.8. The van der Waals surface area contributed by atoms with Crippen molar-refractivity contribution in [3.8, 4) is 0 Å². The quantitative estimate of drug-likeness (QED) is 0.431. The van der Waals surface area contributed by atoms with Gasteiger partial charge in [-0.2, -0.15) is 0 Å². The first-order chi connectivity index (χ1) is 12.2. The molecule has 0 aliphatic rings. The molecule has 0 spiro atoms. The lowest BCUT2D eigenvalue weighted by Crippen LogP contribution is -2.34. The average molecular weight is 435 g/mol. The smallest absolute Gasteiger partial charge is 0.319 e. The van der Waals surface area contributed by atoms with Crippen molar-refractivity contribution >= 4 is 64.0 Å². The SMILES string of the molecule is CC(C)NC(=O)Nc1cc(Cl)c(Sc2ccc([N+](=O)[O-])cc2Cl)c(Cl)c1. The fraction of sp³-hybridized carbons (Fsp3) is 0.188. The normalized spacial score (nSPS) is 10.7. The largest absolute Gasteiger partial charge is 0.336 e. The summed E-state index contributed by atoms with van der Waals surface area (Å²) < 4.78 is 0. The Kier molecular flexibility index (Phi) is 7.00. The fourth-order valence-electron chi connectivity index (χ4n) is 1.95. The van der Waals surface area contributed by atoms with Crippen LogP contribution in [-0.4, -0.2) is 17.0 Å². The maximum Gasteiger partial charge on any atom is 0.319 e. The molecule has 2 amide bonds. The second-order valence-corrected chi connectivity index (χ2v) is 7.77. The van der Waals surface area contributed by atoms with Crippen molar-refractivity contribution in [1.82, 2.24) is 5.32 Å². The monoisotopic (exact) mass is 433 g/mol. The summed E-state index contributed by atoms with van der Waals surface area (Å²) in [7, 11) is 0. The minimum atomic E-state index is -0.525. The Bertz CT molecular complexity index is 839. The van der Waals surface area contributed by atoms with Crippen molar-refractivity contribution in [2.45, 2.75) is 29.7 Å². The molecule has 138 valence electrons. The summed E-state index contributed by atoms with van der Waals surface area (Å²) in [5.41, 5.74) is 0.338. The third-order valence-corrected chi connectivity index (χ3v) is 5.48. The van der Waals surface area contributed by atoms with E-state index < -0.39 is 4.92 Å². The lowest BCUT2D eigenvalue weighted by atomic mass is 10.3. The van der Waals surface area contributed by atoms with Crippen LogP contribution < -0.4 is 10.6 Å². The third kappa shape index (κ3) is 5.41. The molecule has 10 heteroatoms. The number of hydrogen-bond donors (Lipinski definition) is 2. The predicted octanol–water partition coefficient (Wildman–Crippen LogP) is 6.24. The van der Waals surface area contributed by atoms with Gasteiger partial charge in [0, 0.05) is 33.7 Å². The second kappa shape index (κ2) is 8.81. The van der Waals surface area contributed by atoms with Crippen molar-refractivity contribution in [2.75, 3.05) is 5.32 Å². The molecule has 0 aliphatic heterocycles. The number of non-ortho nitro benzene ring substituents is 1. The van der Waals surface area contributed by atoms with E-state index in [4.69, 9.17) is 34.8 Å². The molecule has 2 N–H and O–H groups in total. The van der Waals surface area contributed by atoms with Crippen molar-refractivity contribution in [2.24, 2.45) is 0 Å². The molecule has 0 radical (unpaired) electrons. The van der Waals surface area contributed by atoms with Gasteiger partial charge in [-0.15, -0.1) is 0 Å². The number of halogens is 3. The van der Waals surface area contributed by atoms with Gasteiger partial charge >= 0.3 is 6.03 Å². The van der Waals surface area contributed by atoms with Crippen molar-refractivity contribution in [3.05, 3.63) is 55.5 Å². The zero-order valence-corrected chi connectivity index (χ0v) is 16.8. The zero-order valence-electron chi connectivity index (χ0n) is 13.7. The molecule has 0 fully saturated rings. The minimum Gasteiger partial charge on any atom is -0.336 e. The van der Waals surface area contributed by atoms with Gasteiger partial charge in [0.15, 0.2) is 0 Å².